The van der Waals surface area contributed by atoms with E-state index in [1.807, 2.05) is 0 Å². The molecule has 0 radical (unpaired) electrons. The second kappa shape index (κ2) is 4.36. The first-order chi connectivity index (χ1) is 7.95. The Bertz CT molecular complexity index is 406. The first kappa shape index (κ1) is 12.5. The fraction of sp³-hybridized carbons (Fsp3) is 0.625. The van der Waals surface area contributed by atoms with Crippen molar-refractivity contribution in [1.29, 1.82) is 0 Å². The normalized spacial score (nSPS) is 23.7. The lowest BCUT2D eigenvalue weighted by Crippen LogP contribution is -2.34. The maximum atomic E-state index is 5.86. The van der Waals surface area contributed by atoms with Crippen LogP contribution in [0.4, 0.5) is 0 Å². The lowest BCUT2D eigenvalue weighted by Gasteiger charge is -2.39. The van der Waals surface area contributed by atoms with Gasteiger partial charge in [0.1, 0.15) is 5.75 Å². The summed E-state index contributed by atoms with van der Waals surface area (Å²) in [6.07, 6.45) is 1.12. The molecule has 0 aliphatic carbocycles. The summed E-state index contributed by atoms with van der Waals surface area (Å²) in [5, 5.41) is 0. The zero-order chi connectivity index (χ0) is 12.6. The largest absolute Gasteiger partial charge is 0.493 e. The Morgan fingerprint density at radius 3 is 2.47 bits per heavy atom. The molecule has 0 N–H and O–H groups in total. The Morgan fingerprint density at radius 1 is 1.18 bits per heavy atom. The van der Waals surface area contributed by atoms with Crippen molar-refractivity contribution in [1.82, 2.24) is 0 Å². The first-order valence-electron chi connectivity index (χ1n) is 6.72. The molecule has 0 bridgehead atoms. The van der Waals surface area contributed by atoms with Crippen LogP contribution in [0.25, 0.3) is 0 Å². The second-order valence-corrected chi connectivity index (χ2v) is 6.08. The molecule has 0 fully saturated rings. The van der Waals surface area contributed by atoms with E-state index in [1.165, 1.54) is 11.1 Å². The van der Waals surface area contributed by atoms with Crippen LogP contribution in [0.5, 0.6) is 5.75 Å². The molecule has 94 valence electrons. The van der Waals surface area contributed by atoms with E-state index in [-0.39, 0.29) is 5.41 Å². The Morgan fingerprint density at radius 2 is 1.88 bits per heavy atom. The minimum Gasteiger partial charge on any atom is -0.493 e. The third kappa shape index (κ3) is 2.08. The predicted octanol–water partition coefficient (Wildman–Crippen LogP) is 4.51. The van der Waals surface area contributed by atoms with Gasteiger partial charge in [0.05, 0.1) is 6.61 Å². The van der Waals surface area contributed by atoms with Gasteiger partial charge in [0, 0.05) is 11.0 Å². The van der Waals surface area contributed by atoms with Gasteiger partial charge in [0.15, 0.2) is 0 Å². The lowest BCUT2D eigenvalue weighted by atomic mass is 9.69. The highest BCUT2D eigenvalue weighted by molar-refractivity contribution is 5.44. The van der Waals surface area contributed by atoms with E-state index in [4.69, 9.17) is 4.74 Å². The van der Waals surface area contributed by atoms with Crippen LogP contribution in [0, 0.1) is 5.92 Å². The first-order valence-corrected chi connectivity index (χ1v) is 6.72. The van der Waals surface area contributed by atoms with Crippen LogP contribution < -0.4 is 4.74 Å². The molecule has 1 aromatic carbocycles. The maximum absolute atomic E-state index is 5.86. The molecular formula is C16H24O. The van der Waals surface area contributed by atoms with Crippen molar-refractivity contribution in [2.75, 3.05) is 6.61 Å². The summed E-state index contributed by atoms with van der Waals surface area (Å²) in [7, 11) is 0. The lowest BCUT2D eigenvalue weighted by molar-refractivity contribution is 0.187. The van der Waals surface area contributed by atoms with Gasteiger partial charge in [-0.2, -0.15) is 0 Å². The quantitative estimate of drug-likeness (QED) is 0.729. The molecule has 1 aliphatic heterocycles. The Hall–Kier alpha value is -0.980. The Labute approximate surface area is 105 Å². The molecule has 0 spiro atoms. The van der Waals surface area contributed by atoms with E-state index < -0.39 is 0 Å². The predicted molar refractivity (Wildman–Crippen MR) is 72.8 cm³/mol. The van der Waals surface area contributed by atoms with Crippen molar-refractivity contribution >= 4 is 0 Å². The molecule has 1 heterocycles. The molecule has 17 heavy (non-hydrogen) atoms. The molecule has 0 saturated carbocycles. The van der Waals surface area contributed by atoms with Gasteiger partial charge in [-0.15, -0.1) is 0 Å². The standard InChI is InChI=1S/C16H24O/c1-11(2)13-6-7-14-15(10-13)17-9-8-16(14,5)12(3)4/h6-7,10-12H,8-9H2,1-5H3. The van der Waals surface area contributed by atoms with Crippen molar-refractivity contribution < 1.29 is 4.74 Å². The summed E-state index contributed by atoms with van der Waals surface area (Å²) in [5.74, 6) is 2.32. The fourth-order valence-electron chi connectivity index (χ4n) is 2.60. The molecular weight excluding hydrogens is 208 g/mol. The van der Waals surface area contributed by atoms with Gasteiger partial charge in [-0.05, 0) is 29.9 Å². The van der Waals surface area contributed by atoms with Gasteiger partial charge >= 0.3 is 0 Å². The summed E-state index contributed by atoms with van der Waals surface area (Å²) in [4.78, 5) is 0. The van der Waals surface area contributed by atoms with E-state index in [9.17, 15) is 0 Å². The van der Waals surface area contributed by atoms with Crippen molar-refractivity contribution in [3.05, 3.63) is 29.3 Å². The summed E-state index contributed by atoms with van der Waals surface area (Å²) in [6, 6.07) is 6.78. The molecule has 0 saturated heterocycles. The van der Waals surface area contributed by atoms with Gasteiger partial charge in [0.2, 0.25) is 0 Å². The molecule has 0 aromatic heterocycles. The highest BCUT2D eigenvalue weighted by Gasteiger charge is 2.36. The van der Waals surface area contributed by atoms with Gasteiger partial charge in [-0.3, -0.25) is 0 Å². The number of ether oxygens (including phenoxy) is 1. The van der Waals surface area contributed by atoms with Crippen molar-refractivity contribution in [2.24, 2.45) is 5.92 Å². The van der Waals surface area contributed by atoms with E-state index in [0.717, 1.165) is 18.8 Å². The van der Waals surface area contributed by atoms with E-state index in [0.29, 0.717) is 11.8 Å². The molecule has 1 aliphatic rings. The number of hydrogen-bond donors (Lipinski definition) is 0. The van der Waals surface area contributed by atoms with Crippen LogP contribution in [0.1, 0.15) is 58.1 Å². The van der Waals surface area contributed by atoms with E-state index >= 15 is 0 Å². The van der Waals surface area contributed by atoms with Crippen LogP contribution in [0.15, 0.2) is 18.2 Å². The Balaban J connectivity index is 2.47. The number of rotatable bonds is 2. The summed E-state index contributed by atoms with van der Waals surface area (Å²) in [5.41, 5.74) is 3.03. The Kier molecular flexibility index (Phi) is 3.20. The molecule has 1 aromatic rings. The third-order valence-corrected chi connectivity index (χ3v) is 4.44. The smallest absolute Gasteiger partial charge is 0.123 e. The topological polar surface area (TPSA) is 9.23 Å². The van der Waals surface area contributed by atoms with Crippen LogP contribution in [-0.4, -0.2) is 6.61 Å². The third-order valence-electron chi connectivity index (χ3n) is 4.44. The van der Waals surface area contributed by atoms with Gasteiger partial charge in [-0.25, -0.2) is 0 Å². The average molecular weight is 232 g/mol. The van der Waals surface area contributed by atoms with Crippen molar-refractivity contribution in [2.45, 2.75) is 52.4 Å². The SMILES string of the molecule is CC(C)c1ccc2c(c1)OCCC2(C)C(C)C. The van der Waals surface area contributed by atoms with E-state index in [2.05, 4.69) is 52.8 Å². The average Bonchev–Trinajstić information content (AvgIpc) is 2.28. The molecule has 0 amide bonds. The van der Waals surface area contributed by atoms with Gasteiger partial charge in [0.25, 0.3) is 0 Å². The minimum atomic E-state index is 0.267. The monoisotopic (exact) mass is 232 g/mol. The van der Waals surface area contributed by atoms with Crippen LogP contribution in [0.2, 0.25) is 0 Å². The second-order valence-electron chi connectivity index (χ2n) is 6.08. The van der Waals surface area contributed by atoms with Crippen molar-refractivity contribution in [3.63, 3.8) is 0 Å². The molecule has 2 rings (SSSR count). The number of hydrogen-bond acceptors (Lipinski definition) is 1. The number of benzene rings is 1. The molecule has 1 heteroatoms. The summed E-state index contributed by atoms with van der Waals surface area (Å²) >= 11 is 0. The maximum Gasteiger partial charge on any atom is 0.123 e. The van der Waals surface area contributed by atoms with Crippen LogP contribution in [-0.2, 0) is 5.41 Å². The van der Waals surface area contributed by atoms with Crippen LogP contribution in [0.3, 0.4) is 0 Å². The molecule has 1 unspecified atom stereocenters. The zero-order valence-electron chi connectivity index (χ0n) is 11.7. The minimum absolute atomic E-state index is 0.267. The van der Waals surface area contributed by atoms with E-state index in [1.54, 1.807) is 0 Å². The van der Waals surface area contributed by atoms with Gasteiger partial charge < -0.3 is 4.74 Å². The van der Waals surface area contributed by atoms with Gasteiger partial charge in [-0.1, -0.05) is 46.8 Å². The fourth-order valence-corrected chi connectivity index (χ4v) is 2.60. The molecule has 1 nitrogen and oxygen atoms in total. The number of fused-ring (bicyclic) bond motifs is 1. The molecule has 1 atom stereocenters. The highest BCUT2D eigenvalue weighted by atomic mass is 16.5. The highest BCUT2D eigenvalue weighted by Crippen LogP contribution is 2.44. The van der Waals surface area contributed by atoms with Crippen LogP contribution >= 0.6 is 0 Å². The van der Waals surface area contributed by atoms with Crippen molar-refractivity contribution in [3.8, 4) is 5.75 Å². The zero-order valence-corrected chi connectivity index (χ0v) is 11.7. The summed E-state index contributed by atoms with van der Waals surface area (Å²) in [6.45, 7) is 12.3. The summed E-state index contributed by atoms with van der Waals surface area (Å²) < 4.78 is 5.86.